The molecule has 2 heterocycles. The summed E-state index contributed by atoms with van der Waals surface area (Å²) >= 11 is 0. The minimum absolute atomic E-state index is 0.0478. The molecule has 21 heavy (non-hydrogen) atoms. The van der Waals surface area contributed by atoms with Crippen LogP contribution in [0.5, 0.6) is 11.5 Å². The van der Waals surface area contributed by atoms with Gasteiger partial charge >= 0.3 is 5.63 Å². The molecule has 0 amide bonds. The van der Waals surface area contributed by atoms with E-state index < -0.39 is 5.63 Å². The van der Waals surface area contributed by atoms with Crippen molar-refractivity contribution in [3.05, 3.63) is 34.2 Å². The Balaban J connectivity index is 1.98. The van der Waals surface area contributed by atoms with Crippen molar-refractivity contribution in [1.29, 1.82) is 0 Å². The molecule has 1 fully saturated rings. The number of phenolic OH excluding ortho intramolecular Hbond substituents is 2. The smallest absolute Gasteiger partial charge is 0.336 e. The maximum Gasteiger partial charge on any atom is 0.336 e. The van der Waals surface area contributed by atoms with Crippen LogP contribution < -0.4 is 5.63 Å². The molecular weight excluding hydrogens is 272 g/mol. The highest BCUT2D eigenvalue weighted by molar-refractivity contribution is 5.87. The van der Waals surface area contributed by atoms with E-state index in [0.717, 1.165) is 31.7 Å². The third-order valence-corrected chi connectivity index (χ3v) is 3.94. The molecule has 1 saturated heterocycles. The van der Waals surface area contributed by atoms with Crippen LogP contribution in [0.4, 0.5) is 0 Å². The van der Waals surface area contributed by atoms with Crippen LogP contribution >= 0.6 is 0 Å². The molecule has 0 atom stereocenters. The van der Waals surface area contributed by atoms with Gasteiger partial charge in [0.1, 0.15) is 0 Å². The number of piperazine rings is 1. The Hall–Kier alpha value is -2.05. The quantitative estimate of drug-likeness (QED) is 0.633. The third kappa shape index (κ3) is 2.72. The van der Waals surface area contributed by atoms with Gasteiger partial charge < -0.3 is 19.5 Å². The first-order valence-corrected chi connectivity index (χ1v) is 6.93. The second-order valence-corrected chi connectivity index (χ2v) is 5.48. The Morgan fingerprint density at radius 1 is 1.19 bits per heavy atom. The second kappa shape index (κ2) is 5.38. The van der Waals surface area contributed by atoms with Crippen LogP contribution in [0.25, 0.3) is 11.0 Å². The minimum Gasteiger partial charge on any atom is -0.504 e. The molecule has 6 heteroatoms. The molecule has 1 aromatic heterocycles. The molecular formula is C15H18N2O4. The summed E-state index contributed by atoms with van der Waals surface area (Å²) in [5.41, 5.74) is 0.334. The number of benzene rings is 1. The van der Waals surface area contributed by atoms with Gasteiger partial charge in [0.15, 0.2) is 11.3 Å². The second-order valence-electron chi connectivity index (χ2n) is 5.48. The lowest BCUT2D eigenvalue weighted by atomic mass is 10.1. The van der Waals surface area contributed by atoms with Gasteiger partial charge in [-0.3, -0.25) is 4.90 Å². The van der Waals surface area contributed by atoms with Crippen molar-refractivity contribution in [2.24, 2.45) is 0 Å². The van der Waals surface area contributed by atoms with E-state index in [0.29, 0.717) is 11.9 Å². The van der Waals surface area contributed by atoms with Crippen molar-refractivity contribution in [3.8, 4) is 11.5 Å². The van der Waals surface area contributed by atoms with E-state index in [1.165, 1.54) is 12.1 Å². The SMILES string of the molecule is CN1CCN(Cc2cc(=O)oc3c(O)c(O)ccc23)CC1. The van der Waals surface area contributed by atoms with Gasteiger partial charge in [-0.1, -0.05) is 0 Å². The van der Waals surface area contributed by atoms with Gasteiger partial charge in [-0.25, -0.2) is 4.79 Å². The predicted octanol–water partition coefficient (Wildman–Crippen LogP) is 0.952. The molecule has 6 nitrogen and oxygen atoms in total. The maximum absolute atomic E-state index is 11.7. The summed E-state index contributed by atoms with van der Waals surface area (Å²) in [6, 6.07) is 4.53. The van der Waals surface area contributed by atoms with Crippen molar-refractivity contribution in [2.45, 2.75) is 6.54 Å². The molecule has 2 N–H and O–H groups in total. The van der Waals surface area contributed by atoms with E-state index in [1.54, 1.807) is 6.07 Å². The lowest BCUT2D eigenvalue weighted by molar-refractivity contribution is 0.148. The van der Waals surface area contributed by atoms with E-state index in [4.69, 9.17) is 4.42 Å². The van der Waals surface area contributed by atoms with E-state index >= 15 is 0 Å². The summed E-state index contributed by atoms with van der Waals surface area (Å²) in [6.45, 7) is 4.47. The lowest BCUT2D eigenvalue weighted by Gasteiger charge is -2.32. The van der Waals surface area contributed by atoms with Gasteiger partial charge in [0, 0.05) is 44.2 Å². The highest BCUT2D eigenvalue weighted by atomic mass is 16.4. The van der Waals surface area contributed by atoms with Crippen molar-refractivity contribution in [3.63, 3.8) is 0 Å². The van der Waals surface area contributed by atoms with Gasteiger partial charge in [0.05, 0.1) is 0 Å². The molecule has 0 saturated carbocycles. The van der Waals surface area contributed by atoms with E-state index in [9.17, 15) is 15.0 Å². The number of fused-ring (bicyclic) bond motifs is 1. The largest absolute Gasteiger partial charge is 0.504 e. The van der Waals surface area contributed by atoms with Crippen molar-refractivity contribution < 1.29 is 14.6 Å². The Kier molecular flexibility index (Phi) is 3.57. The first-order valence-electron chi connectivity index (χ1n) is 6.93. The molecule has 3 rings (SSSR count). The van der Waals surface area contributed by atoms with Gasteiger partial charge in [0.2, 0.25) is 5.75 Å². The van der Waals surface area contributed by atoms with Crippen LogP contribution in [-0.2, 0) is 6.54 Å². The Morgan fingerprint density at radius 2 is 1.90 bits per heavy atom. The average Bonchev–Trinajstić information content (AvgIpc) is 2.46. The number of hydrogen-bond donors (Lipinski definition) is 2. The Labute approximate surface area is 121 Å². The summed E-state index contributed by atoms with van der Waals surface area (Å²) in [5.74, 6) is -0.674. The van der Waals surface area contributed by atoms with Crippen molar-refractivity contribution in [1.82, 2.24) is 9.80 Å². The highest BCUT2D eigenvalue weighted by Gasteiger charge is 2.17. The number of likely N-dealkylation sites (N-methyl/N-ethyl adjacent to an activating group) is 1. The van der Waals surface area contributed by atoms with Crippen molar-refractivity contribution in [2.75, 3.05) is 33.2 Å². The molecule has 0 unspecified atom stereocenters. The van der Waals surface area contributed by atoms with Crippen LogP contribution in [-0.4, -0.2) is 53.2 Å². The lowest BCUT2D eigenvalue weighted by Crippen LogP contribution is -2.43. The predicted molar refractivity (Wildman–Crippen MR) is 78.6 cm³/mol. The van der Waals surface area contributed by atoms with Crippen molar-refractivity contribution >= 4 is 11.0 Å². The van der Waals surface area contributed by atoms with Gasteiger partial charge in [-0.15, -0.1) is 0 Å². The molecule has 0 radical (unpaired) electrons. The summed E-state index contributed by atoms with van der Waals surface area (Å²) < 4.78 is 5.03. The van der Waals surface area contributed by atoms with Crippen LogP contribution in [0.3, 0.4) is 0 Å². The zero-order chi connectivity index (χ0) is 15.0. The zero-order valence-electron chi connectivity index (χ0n) is 11.9. The van der Waals surface area contributed by atoms with Crippen LogP contribution in [0, 0.1) is 0 Å². The average molecular weight is 290 g/mol. The van der Waals surface area contributed by atoms with Crippen LogP contribution in [0.15, 0.2) is 27.4 Å². The molecule has 112 valence electrons. The maximum atomic E-state index is 11.7. The Bertz CT molecular complexity index is 717. The van der Waals surface area contributed by atoms with E-state index in [-0.39, 0.29) is 17.1 Å². The zero-order valence-corrected chi connectivity index (χ0v) is 11.9. The Morgan fingerprint density at radius 3 is 2.62 bits per heavy atom. The molecule has 1 aliphatic heterocycles. The number of rotatable bonds is 2. The first kappa shape index (κ1) is 13.9. The fourth-order valence-corrected chi connectivity index (χ4v) is 2.64. The number of nitrogens with zero attached hydrogens (tertiary/aromatic N) is 2. The normalized spacial score (nSPS) is 17.4. The van der Waals surface area contributed by atoms with Gasteiger partial charge in [-0.05, 0) is 24.7 Å². The minimum atomic E-state index is -0.521. The number of hydrogen-bond acceptors (Lipinski definition) is 6. The molecule has 1 aliphatic rings. The molecule has 0 aliphatic carbocycles. The molecule has 0 spiro atoms. The summed E-state index contributed by atoms with van der Waals surface area (Å²) in [5, 5.41) is 20.0. The summed E-state index contributed by atoms with van der Waals surface area (Å²) in [4.78, 5) is 16.2. The van der Waals surface area contributed by atoms with E-state index in [1.807, 2.05) is 0 Å². The van der Waals surface area contributed by atoms with Crippen LogP contribution in [0.2, 0.25) is 0 Å². The molecule has 0 bridgehead atoms. The number of aromatic hydroxyl groups is 2. The van der Waals surface area contributed by atoms with Gasteiger partial charge in [0.25, 0.3) is 0 Å². The topological polar surface area (TPSA) is 77.2 Å². The molecule has 2 aromatic rings. The summed E-state index contributed by atoms with van der Waals surface area (Å²) in [6.07, 6.45) is 0. The van der Waals surface area contributed by atoms with Crippen LogP contribution in [0.1, 0.15) is 5.56 Å². The number of phenols is 2. The molecule has 1 aromatic carbocycles. The fraction of sp³-hybridized carbons (Fsp3) is 0.400. The standard InChI is InChI=1S/C15H18N2O4/c1-16-4-6-17(7-5-16)9-10-8-13(19)21-15-11(10)2-3-12(18)14(15)20/h2-3,8,18,20H,4-7,9H2,1H3. The highest BCUT2D eigenvalue weighted by Crippen LogP contribution is 2.34. The first-order chi connectivity index (χ1) is 10.0. The third-order valence-electron chi connectivity index (χ3n) is 3.94. The summed E-state index contributed by atoms with van der Waals surface area (Å²) in [7, 11) is 2.09. The fourth-order valence-electron chi connectivity index (χ4n) is 2.64. The van der Waals surface area contributed by atoms with E-state index in [2.05, 4.69) is 16.8 Å². The monoisotopic (exact) mass is 290 g/mol. The van der Waals surface area contributed by atoms with Gasteiger partial charge in [-0.2, -0.15) is 0 Å².